The van der Waals surface area contributed by atoms with E-state index in [0.29, 0.717) is 52.4 Å². The van der Waals surface area contributed by atoms with Crippen molar-refractivity contribution in [2.24, 2.45) is 11.8 Å². The molecule has 4 aromatic rings. The van der Waals surface area contributed by atoms with Crippen molar-refractivity contribution >= 4 is 55.1 Å². The van der Waals surface area contributed by atoms with E-state index >= 15 is 0 Å². The zero-order chi connectivity index (χ0) is 24.4. The number of anilines is 2. The first-order chi connectivity index (χ1) is 17.6. The van der Waals surface area contributed by atoms with Gasteiger partial charge in [-0.15, -0.1) is 11.3 Å². The second-order valence-electron chi connectivity index (χ2n) is 10.1. The van der Waals surface area contributed by atoms with Crippen LogP contribution in [0.3, 0.4) is 0 Å². The molecule has 0 spiro atoms. The summed E-state index contributed by atoms with van der Waals surface area (Å²) < 4.78 is 3.04. The van der Waals surface area contributed by atoms with E-state index in [1.807, 2.05) is 28.7 Å². The lowest BCUT2D eigenvalue weighted by molar-refractivity contribution is 0.204. The summed E-state index contributed by atoms with van der Waals surface area (Å²) in [4.78, 5) is 43.5. The topological polar surface area (TPSA) is 98.1 Å². The number of piperazine rings is 1. The normalized spacial score (nSPS) is 22.7. The van der Waals surface area contributed by atoms with E-state index in [9.17, 15) is 9.59 Å². The van der Waals surface area contributed by atoms with Gasteiger partial charge in [-0.3, -0.25) is 9.20 Å². The van der Waals surface area contributed by atoms with Crippen LogP contribution in [0.1, 0.15) is 0 Å². The summed E-state index contributed by atoms with van der Waals surface area (Å²) >= 11 is 1.50. The Bertz CT molecular complexity index is 1540. The molecule has 2 atom stereocenters. The number of carbonyl (C=O) groups excluding carboxylic acids is 1. The van der Waals surface area contributed by atoms with Crippen molar-refractivity contribution in [1.82, 2.24) is 29.5 Å². The average molecular weight is 505 g/mol. The van der Waals surface area contributed by atoms with Gasteiger partial charge in [-0.05, 0) is 31.0 Å². The molecule has 2 unspecified atom stereocenters. The summed E-state index contributed by atoms with van der Waals surface area (Å²) in [6, 6.07) is 7.78. The molecule has 186 valence electrons. The van der Waals surface area contributed by atoms with E-state index in [-0.39, 0.29) is 11.5 Å². The highest BCUT2D eigenvalue weighted by atomic mass is 32.1. The van der Waals surface area contributed by atoms with Gasteiger partial charge in [-0.25, -0.2) is 9.78 Å². The number of urea groups is 1. The van der Waals surface area contributed by atoms with E-state index in [1.165, 1.54) is 11.3 Å². The smallest absolute Gasteiger partial charge is 0.322 e. The maximum atomic E-state index is 13.7. The third-order valence-corrected chi connectivity index (χ3v) is 8.90. The Hall–Kier alpha value is -3.28. The van der Waals surface area contributed by atoms with Gasteiger partial charge < -0.3 is 25.3 Å². The Labute approximate surface area is 211 Å². The van der Waals surface area contributed by atoms with Crippen molar-refractivity contribution in [3.63, 3.8) is 0 Å². The molecule has 3 saturated heterocycles. The molecule has 2 amide bonds. The van der Waals surface area contributed by atoms with Crippen molar-refractivity contribution in [2.75, 3.05) is 69.6 Å². The Balaban J connectivity index is 1.36. The van der Waals surface area contributed by atoms with Crippen LogP contribution in [0, 0.1) is 11.8 Å². The van der Waals surface area contributed by atoms with Crippen LogP contribution in [0.15, 0.2) is 35.3 Å². The molecule has 0 saturated carbocycles. The lowest BCUT2D eigenvalue weighted by Crippen LogP contribution is -2.48. The Kier molecular flexibility index (Phi) is 5.12. The van der Waals surface area contributed by atoms with Crippen LogP contribution < -0.4 is 21.0 Å². The predicted octanol–water partition coefficient (Wildman–Crippen LogP) is 1.89. The fourth-order valence-electron chi connectivity index (χ4n) is 5.99. The summed E-state index contributed by atoms with van der Waals surface area (Å²) in [6.45, 7) is 6.77. The van der Waals surface area contributed by atoms with Crippen molar-refractivity contribution in [3.8, 4) is 0 Å². The van der Waals surface area contributed by atoms with E-state index in [1.54, 1.807) is 11.1 Å². The van der Waals surface area contributed by atoms with E-state index in [4.69, 9.17) is 4.98 Å². The Morgan fingerprint density at radius 2 is 1.86 bits per heavy atom. The highest BCUT2D eigenvalue weighted by Crippen LogP contribution is 2.35. The van der Waals surface area contributed by atoms with Gasteiger partial charge in [0.05, 0.1) is 15.6 Å². The minimum absolute atomic E-state index is 0.244. The van der Waals surface area contributed by atoms with Crippen LogP contribution in [0.4, 0.5) is 16.4 Å². The molecular weight excluding hydrogens is 476 g/mol. The van der Waals surface area contributed by atoms with Crippen LogP contribution >= 0.6 is 11.3 Å². The number of fused-ring (bicyclic) bond motifs is 6. The first-order valence-corrected chi connectivity index (χ1v) is 13.3. The zero-order valence-electron chi connectivity index (χ0n) is 20.1. The molecule has 1 aromatic carbocycles. The molecule has 0 bridgehead atoms. The molecule has 36 heavy (non-hydrogen) atoms. The molecule has 2 N–H and O–H groups in total. The minimum atomic E-state index is -0.251. The molecule has 10 nitrogen and oxygen atoms in total. The van der Waals surface area contributed by atoms with Gasteiger partial charge in [-0.2, -0.15) is 4.98 Å². The van der Waals surface area contributed by atoms with Crippen molar-refractivity contribution in [1.29, 1.82) is 0 Å². The fraction of sp³-hybridized carbons (Fsp3) is 0.440. The maximum absolute atomic E-state index is 13.7. The second kappa shape index (κ2) is 8.39. The number of pyridine rings is 1. The van der Waals surface area contributed by atoms with Crippen LogP contribution in [0.25, 0.3) is 26.1 Å². The van der Waals surface area contributed by atoms with E-state index in [0.717, 1.165) is 49.5 Å². The van der Waals surface area contributed by atoms with Crippen LogP contribution in [-0.4, -0.2) is 89.6 Å². The highest BCUT2D eigenvalue weighted by Gasteiger charge is 2.39. The lowest BCUT2D eigenvalue weighted by atomic mass is 10.0. The van der Waals surface area contributed by atoms with Crippen molar-refractivity contribution < 1.29 is 4.79 Å². The molecule has 3 aliphatic rings. The number of para-hydroxylation sites is 1. The van der Waals surface area contributed by atoms with Crippen molar-refractivity contribution in [3.05, 3.63) is 40.7 Å². The first kappa shape index (κ1) is 22.0. The number of nitrogens with zero attached hydrogens (tertiary/aromatic N) is 6. The number of thiazole rings is 1. The minimum Gasteiger partial charge on any atom is -0.340 e. The third kappa shape index (κ3) is 3.45. The molecule has 0 aliphatic carbocycles. The number of benzene rings is 1. The Morgan fingerprint density at radius 3 is 2.64 bits per heavy atom. The molecule has 6 heterocycles. The van der Waals surface area contributed by atoms with Gasteiger partial charge in [0.15, 0.2) is 5.65 Å². The van der Waals surface area contributed by atoms with Gasteiger partial charge >= 0.3 is 6.03 Å². The standard InChI is InChI=1S/C25H28N8O2S/c1-30-11-15-13-32(14-16(15)12-30)24-27-10-17-21(34)20(28-25(35)31-8-6-26-7-9-31)23-33(22(17)29-24)18-4-2-3-5-19(18)36-23/h2-5,10,15-16,26H,6-9,11-14H2,1H3,(H,28,35). The van der Waals surface area contributed by atoms with Crippen LogP contribution in [-0.2, 0) is 0 Å². The number of hydrogen-bond acceptors (Lipinski definition) is 8. The largest absolute Gasteiger partial charge is 0.340 e. The maximum Gasteiger partial charge on any atom is 0.322 e. The quantitative estimate of drug-likeness (QED) is 0.430. The Morgan fingerprint density at radius 1 is 1.11 bits per heavy atom. The first-order valence-electron chi connectivity index (χ1n) is 12.5. The van der Waals surface area contributed by atoms with Gasteiger partial charge in [0.2, 0.25) is 11.4 Å². The van der Waals surface area contributed by atoms with Gasteiger partial charge in [-0.1, -0.05) is 12.1 Å². The molecule has 0 radical (unpaired) electrons. The monoisotopic (exact) mass is 504 g/mol. The second-order valence-corrected chi connectivity index (χ2v) is 11.2. The molecule has 3 fully saturated rings. The number of rotatable bonds is 2. The summed E-state index contributed by atoms with van der Waals surface area (Å²) in [6.07, 6.45) is 1.64. The molecule has 3 aromatic heterocycles. The molecule has 7 rings (SSSR count). The van der Waals surface area contributed by atoms with E-state index < -0.39 is 0 Å². The predicted molar refractivity (Wildman–Crippen MR) is 142 cm³/mol. The summed E-state index contributed by atoms with van der Waals surface area (Å²) in [5.74, 6) is 1.92. The number of nitrogens with one attached hydrogen (secondary N) is 2. The van der Waals surface area contributed by atoms with E-state index in [2.05, 4.69) is 32.5 Å². The summed E-state index contributed by atoms with van der Waals surface area (Å²) in [5.41, 5.74) is 1.60. The average Bonchev–Trinajstić information content (AvgIpc) is 3.57. The number of aromatic nitrogens is 3. The van der Waals surface area contributed by atoms with Gasteiger partial charge in [0.25, 0.3) is 0 Å². The van der Waals surface area contributed by atoms with Crippen LogP contribution in [0.5, 0.6) is 0 Å². The van der Waals surface area contributed by atoms with Crippen LogP contribution in [0.2, 0.25) is 0 Å². The zero-order valence-corrected chi connectivity index (χ0v) is 20.9. The number of amides is 2. The SMILES string of the molecule is CN1CC2CN(c3ncc4c(=O)c(NC(=O)N5CCNCC5)c5sc6ccccc6n5c4n3)CC2C1. The number of likely N-dealkylation sites (tertiary alicyclic amines) is 1. The molecular formula is C25H28N8O2S. The third-order valence-electron chi connectivity index (χ3n) is 7.76. The number of carbonyl (C=O) groups is 1. The van der Waals surface area contributed by atoms with Gasteiger partial charge in [0.1, 0.15) is 10.5 Å². The van der Waals surface area contributed by atoms with Gasteiger partial charge in [0, 0.05) is 58.6 Å². The molecule has 3 aliphatic heterocycles. The fourth-order valence-corrected chi connectivity index (χ4v) is 7.13. The molecule has 11 heteroatoms. The summed E-state index contributed by atoms with van der Waals surface area (Å²) in [7, 11) is 2.18. The lowest BCUT2D eigenvalue weighted by Gasteiger charge is -2.27. The summed E-state index contributed by atoms with van der Waals surface area (Å²) in [5, 5.41) is 6.61. The highest BCUT2D eigenvalue weighted by molar-refractivity contribution is 7.24. The number of hydrogen-bond donors (Lipinski definition) is 2. The van der Waals surface area contributed by atoms with Crippen molar-refractivity contribution in [2.45, 2.75) is 0 Å².